The summed E-state index contributed by atoms with van der Waals surface area (Å²) in [5.74, 6) is 0. The maximum atomic E-state index is 9.58. The van der Waals surface area contributed by atoms with E-state index in [9.17, 15) is 2.74 Å². The summed E-state index contributed by atoms with van der Waals surface area (Å²) in [4.78, 5) is 0. The summed E-state index contributed by atoms with van der Waals surface area (Å²) in [6.07, 6.45) is 0. The van der Waals surface area contributed by atoms with Crippen LogP contribution in [0.15, 0.2) is 170 Å². The molecule has 2 heteroatoms. The van der Waals surface area contributed by atoms with E-state index < -0.39 is 0 Å². The predicted octanol–water partition coefficient (Wildman–Crippen LogP) is 11.2. The second-order valence-electron chi connectivity index (χ2n) is 10.6. The Morgan fingerprint density at radius 1 is 0.364 bits per heavy atom. The Hall–Kier alpha value is -5.86. The van der Waals surface area contributed by atoms with Crippen LogP contribution < -0.4 is 0 Å². The van der Waals surface area contributed by atoms with Gasteiger partial charge in [-0.25, -0.2) is 0 Å². The fourth-order valence-corrected chi connectivity index (χ4v) is 6.17. The number of fused-ring (bicyclic) bond motifs is 6. The Labute approximate surface area is 269 Å². The first kappa shape index (κ1) is 16.7. The number of hydrogen-bond donors (Lipinski definition) is 0. The van der Waals surface area contributed by atoms with Crippen molar-refractivity contribution in [1.82, 2.24) is 9.13 Å². The van der Waals surface area contributed by atoms with E-state index in [0.717, 1.165) is 10.8 Å². The first-order chi connectivity index (χ1) is 26.0. The lowest BCUT2D eigenvalue weighted by Gasteiger charge is -2.12. The van der Waals surface area contributed by atoms with Crippen molar-refractivity contribution in [2.75, 3.05) is 0 Å². The third kappa shape index (κ3) is 3.82. The fraction of sp³-hybridized carbons (Fsp3) is 0. The Balaban J connectivity index is 1.33. The van der Waals surface area contributed by atoms with Crippen LogP contribution in [0, 0.1) is 0 Å². The Kier molecular flexibility index (Phi) is 3.74. The number of benzene rings is 7. The minimum absolute atomic E-state index is 0.00707. The zero-order valence-corrected chi connectivity index (χ0v) is 23.3. The number of aromatic nitrogens is 2. The molecule has 206 valence electrons. The van der Waals surface area contributed by atoms with Gasteiger partial charge in [0.2, 0.25) is 0 Å². The van der Waals surface area contributed by atoms with Crippen molar-refractivity contribution in [3.05, 3.63) is 170 Å². The largest absolute Gasteiger partial charge is 0.309 e. The van der Waals surface area contributed by atoms with Crippen molar-refractivity contribution in [2.45, 2.75) is 0 Å². The molecule has 9 aromatic rings. The quantitative estimate of drug-likeness (QED) is 0.199. The number of hydrogen-bond acceptors (Lipinski definition) is 0. The van der Waals surface area contributed by atoms with Crippen LogP contribution in [0.25, 0.3) is 77.2 Å². The molecule has 0 saturated heterocycles. The molecule has 44 heavy (non-hydrogen) atoms. The van der Waals surface area contributed by atoms with Crippen molar-refractivity contribution in [3.8, 4) is 33.6 Å². The highest BCUT2D eigenvalue weighted by atomic mass is 15.0. The molecule has 0 spiro atoms. The van der Waals surface area contributed by atoms with Crippen LogP contribution in [0.3, 0.4) is 0 Å². The van der Waals surface area contributed by atoms with E-state index in [1.165, 1.54) is 12.1 Å². The lowest BCUT2D eigenvalue weighted by atomic mass is 9.99. The van der Waals surface area contributed by atoms with Crippen LogP contribution in [-0.4, -0.2) is 9.13 Å². The highest BCUT2D eigenvalue weighted by molar-refractivity contribution is 6.12. The average molecular weight is 571 g/mol. The third-order valence-electron chi connectivity index (χ3n) is 8.11. The zero-order valence-electron chi connectivity index (χ0n) is 33.3. The van der Waals surface area contributed by atoms with Crippen molar-refractivity contribution in [2.24, 2.45) is 0 Å². The molecule has 0 radical (unpaired) electrons. The van der Waals surface area contributed by atoms with Gasteiger partial charge in [0, 0.05) is 32.9 Å². The summed E-state index contributed by atoms with van der Waals surface area (Å²) in [5, 5.41) is 2.69. The van der Waals surface area contributed by atoms with E-state index in [2.05, 4.69) is 0 Å². The van der Waals surface area contributed by atoms with Gasteiger partial charge in [0.05, 0.1) is 35.8 Å². The van der Waals surface area contributed by atoms with Gasteiger partial charge < -0.3 is 9.13 Å². The highest BCUT2D eigenvalue weighted by Crippen LogP contribution is 2.37. The van der Waals surface area contributed by atoms with Crippen molar-refractivity contribution < 1.29 is 13.7 Å². The molecule has 0 N–H and O–H groups in total. The van der Waals surface area contributed by atoms with Crippen LogP contribution in [0.2, 0.25) is 0 Å². The predicted molar refractivity (Wildman–Crippen MR) is 186 cm³/mol. The average Bonchev–Trinajstić information content (AvgIpc) is 3.68. The molecule has 0 saturated carbocycles. The molecule has 7 aromatic carbocycles. The summed E-state index contributed by atoms with van der Waals surface area (Å²) in [5.41, 5.74) is 4.19. The third-order valence-corrected chi connectivity index (χ3v) is 8.11. The molecule has 2 heterocycles. The first-order valence-electron chi connectivity index (χ1n) is 19.3. The number of rotatable bonds is 4. The van der Waals surface area contributed by atoms with Gasteiger partial charge in [-0.1, -0.05) is 115 Å². The van der Waals surface area contributed by atoms with Gasteiger partial charge >= 0.3 is 0 Å². The molecule has 0 aliphatic rings. The summed E-state index contributed by atoms with van der Waals surface area (Å²) in [6.45, 7) is 0. The molecule has 0 aliphatic carbocycles. The minimum atomic E-state index is -0.325. The minimum Gasteiger partial charge on any atom is -0.309 e. The molecule has 0 unspecified atom stereocenters. The molecule has 0 bridgehead atoms. The molecule has 0 amide bonds. The van der Waals surface area contributed by atoms with E-state index in [1.54, 1.807) is 28.8 Å². The zero-order chi connectivity index (χ0) is 37.7. The van der Waals surface area contributed by atoms with Crippen LogP contribution in [-0.2, 0) is 0 Å². The second-order valence-corrected chi connectivity index (χ2v) is 10.6. The van der Waals surface area contributed by atoms with E-state index in [0.29, 0.717) is 44.1 Å². The lowest BCUT2D eigenvalue weighted by molar-refractivity contribution is 1.17. The van der Waals surface area contributed by atoms with E-state index in [4.69, 9.17) is 11.0 Å². The van der Waals surface area contributed by atoms with Crippen LogP contribution >= 0.6 is 0 Å². The monoisotopic (exact) mass is 570 g/mol. The van der Waals surface area contributed by atoms with Crippen molar-refractivity contribution in [3.63, 3.8) is 0 Å². The topological polar surface area (TPSA) is 9.86 Å². The maximum Gasteiger partial charge on any atom is 0.0651 e. The standard InChI is InChI=1S/C42H28N2/c1-2-12-29(13-3-1)30-14-10-15-31(26-30)32-16-11-17-33(27-32)43-41-23-9-6-20-37(41)38-28-34(24-25-42(38)43)44-39-21-7-4-18-35(39)36-19-5-8-22-40(36)44/h1-28H/i4D,7D,14D,15D,16D,17D,18D,21D,26D,27D. The summed E-state index contributed by atoms with van der Waals surface area (Å²) in [6, 6.07) is 30.7. The summed E-state index contributed by atoms with van der Waals surface area (Å²) >= 11 is 0. The Morgan fingerprint density at radius 2 is 0.955 bits per heavy atom. The fourth-order valence-electron chi connectivity index (χ4n) is 6.17. The van der Waals surface area contributed by atoms with Crippen LogP contribution in [0.5, 0.6) is 0 Å². The molecule has 9 rings (SSSR count). The Morgan fingerprint density at radius 3 is 1.75 bits per heavy atom. The van der Waals surface area contributed by atoms with Gasteiger partial charge in [0.15, 0.2) is 0 Å². The SMILES string of the molecule is [2H]c1cc([2H])c(-c2c([2H])cc([2H])c(-n3c4ccccc4c4cc(-n5c6ccccc6c6c([2H])c([2H])c([2H])c([2H])c65)ccc43)c2[2H])c([2H])c1-c1ccccc1. The lowest BCUT2D eigenvalue weighted by Crippen LogP contribution is -1.96. The summed E-state index contributed by atoms with van der Waals surface area (Å²) < 4.78 is 92.5. The van der Waals surface area contributed by atoms with E-state index in [1.807, 2.05) is 77.4 Å². The van der Waals surface area contributed by atoms with Crippen molar-refractivity contribution in [1.29, 1.82) is 0 Å². The smallest absolute Gasteiger partial charge is 0.0651 e. The van der Waals surface area contributed by atoms with Crippen molar-refractivity contribution >= 4 is 43.6 Å². The molecule has 0 atom stereocenters. The van der Waals surface area contributed by atoms with E-state index >= 15 is 0 Å². The van der Waals surface area contributed by atoms with Gasteiger partial charge in [0.1, 0.15) is 0 Å². The molecular weight excluding hydrogens is 532 g/mol. The van der Waals surface area contributed by atoms with Crippen LogP contribution in [0.1, 0.15) is 13.7 Å². The summed E-state index contributed by atoms with van der Waals surface area (Å²) in [7, 11) is 0. The molecular formula is C42H28N2. The van der Waals surface area contributed by atoms with Gasteiger partial charge in [-0.15, -0.1) is 0 Å². The Bertz CT molecular complexity index is 3060. The molecule has 2 aromatic heterocycles. The second kappa shape index (κ2) is 9.86. The van der Waals surface area contributed by atoms with Gasteiger partial charge in [-0.05, 0) is 76.8 Å². The van der Waals surface area contributed by atoms with E-state index in [-0.39, 0.29) is 82.8 Å². The molecule has 0 fully saturated rings. The van der Waals surface area contributed by atoms with Gasteiger partial charge in [-0.3, -0.25) is 0 Å². The molecule has 2 nitrogen and oxygen atoms in total. The number of nitrogens with zero attached hydrogens (tertiary/aromatic N) is 2. The maximum absolute atomic E-state index is 9.58. The highest BCUT2D eigenvalue weighted by Gasteiger charge is 2.16. The number of para-hydroxylation sites is 3. The first-order valence-corrected chi connectivity index (χ1v) is 14.3. The molecule has 0 aliphatic heterocycles. The van der Waals surface area contributed by atoms with Gasteiger partial charge in [-0.2, -0.15) is 0 Å². The normalized spacial score (nSPS) is 14.8. The van der Waals surface area contributed by atoms with Gasteiger partial charge in [0.25, 0.3) is 0 Å². The van der Waals surface area contributed by atoms with Crippen LogP contribution in [0.4, 0.5) is 0 Å².